The Balaban J connectivity index is 1.95. The molecule has 1 aromatic carbocycles. The zero-order chi connectivity index (χ0) is 13.7. The SMILES string of the molecule is CCC(C)c1ccccc1OCCn1cc(N)cn1. The van der Waals surface area contributed by atoms with Crippen LogP contribution >= 0.6 is 0 Å². The normalized spacial score (nSPS) is 12.3. The van der Waals surface area contributed by atoms with E-state index < -0.39 is 0 Å². The summed E-state index contributed by atoms with van der Waals surface area (Å²) < 4.78 is 7.66. The first-order valence-electron chi connectivity index (χ1n) is 6.70. The van der Waals surface area contributed by atoms with E-state index in [9.17, 15) is 0 Å². The standard InChI is InChI=1S/C15H21N3O/c1-3-12(2)14-6-4-5-7-15(14)19-9-8-18-11-13(16)10-17-18/h4-7,10-12H,3,8-9,16H2,1-2H3. The average molecular weight is 259 g/mol. The summed E-state index contributed by atoms with van der Waals surface area (Å²) in [7, 11) is 0. The lowest BCUT2D eigenvalue weighted by Gasteiger charge is -2.15. The maximum Gasteiger partial charge on any atom is 0.122 e. The van der Waals surface area contributed by atoms with Crippen molar-refractivity contribution in [2.75, 3.05) is 12.3 Å². The molecular weight excluding hydrogens is 238 g/mol. The van der Waals surface area contributed by atoms with Gasteiger partial charge in [-0.25, -0.2) is 0 Å². The van der Waals surface area contributed by atoms with Crippen LogP contribution in [0.1, 0.15) is 31.7 Å². The van der Waals surface area contributed by atoms with Gasteiger partial charge in [0, 0.05) is 6.20 Å². The van der Waals surface area contributed by atoms with Crippen molar-refractivity contribution in [1.82, 2.24) is 9.78 Å². The predicted octanol–water partition coefficient (Wildman–Crippen LogP) is 3.06. The smallest absolute Gasteiger partial charge is 0.122 e. The summed E-state index contributed by atoms with van der Waals surface area (Å²) in [5.41, 5.74) is 7.57. The topological polar surface area (TPSA) is 53.1 Å². The molecule has 4 nitrogen and oxygen atoms in total. The lowest BCUT2D eigenvalue weighted by molar-refractivity contribution is 0.287. The lowest BCUT2D eigenvalue weighted by Crippen LogP contribution is -2.10. The number of anilines is 1. The Labute approximate surface area is 114 Å². The number of rotatable bonds is 6. The van der Waals surface area contributed by atoms with E-state index in [1.54, 1.807) is 10.9 Å². The van der Waals surface area contributed by atoms with Gasteiger partial charge in [0.05, 0.1) is 18.4 Å². The largest absolute Gasteiger partial charge is 0.491 e. The third-order valence-corrected chi connectivity index (χ3v) is 3.29. The Morgan fingerprint density at radius 2 is 2.16 bits per heavy atom. The predicted molar refractivity (Wildman–Crippen MR) is 77.3 cm³/mol. The molecule has 102 valence electrons. The highest BCUT2D eigenvalue weighted by Gasteiger charge is 2.09. The van der Waals surface area contributed by atoms with E-state index in [0.29, 0.717) is 24.8 Å². The molecule has 0 aliphatic carbocycles. The number of para-hydroxylation sites is 1. The van der Waals surface area contributed by atoms with Gasteiger partial charge >= 0.3 is 0 Å². The lowest BCUT2D eigenvalue weighted by atomic mass is 9.98. The van der Waals surface area contributed by atoms with Crippen LogP contribution in [0.3, 0.4) is 0 Å². The van der Waals surface area contributed by atoms with Gasteiger partial charge in [0.1, 0.15) is 12.4 Å². The molecule has 0 aliphatic heterocycles. The van der Waals surface area contributed by atoms with Crippen molar-refractivity contribution in [3.8, 4) is 5.75 Å². The number of benzene rings is 1. The molecule has 19 heavy (non-hydrogen) atoms. The van der Waals surface area contributed by atoms with Gasteiger partial charge in [-0.1, -0.05) is 32.0 Å². The molecule has 4 heteroatoms. The van der Waals surface area contributed by atoms with Crippen LogP contribution in [-0.2, 0) is 6.54 Å². The van der Waals surface area contributed by atoms with Gasteiger partial charge in [0.15, 0.2) is 0 Å². The summed E-state index contributed by atoms with van der Waals surface area (Å²) in [5.74, 6) is 1.48. The van der Waals surface area contributed by atoms with Crippen molar-refractivity contribution in [2.45, 2.75) is 32.7 Å². The van der Waals surface area contributed by atoms with Crippen molar-refractivity contribution >= 4 is 5.69 Å². The van der Waals surface area contributed by atoms with E-state index in [1.807, 2.05) is 18.3 Å². The second-order valence-electron chi connectivity index (χ2n) is 4.73. The fourth-order valence-electron chi connectivity index (χ4n) is 1.99. The van der Waals surface area contributed by atoms with Gasteiger partial charge in [-0.05, 0) is 24.0 Å². The second kappa shape index (κ2) is 6.27. The number of aromatic nitrogens is 2. The molecule has 0 radical (unpaired) electrons. The molecule has 0 aliphatic rings. The highest BCUT2D eigenvalue weighted by molar-refractivity contribution is 5.35. The Bertz CT molecular complexity index is 522. The third-order valence-electron chi connectivity index (χ3n) is 3.29. The van der Waals surface area contributed by atoms with Crippen LogP contribution in [0, 0.1) is 0 Å². The molecule has 2 rings (SSSR count). The first-order valence-corrected chi connectivity index (χ1v) is 6.70. The van der Waals surface area contributed by atoms with Crippen LogP contribution < -0.4 is 10.5 Å². The van der Waals surface area contributed by atoms with Gasteiger partial charge < -0.3 is 10.5 Å². The van der Waals surface area contributed by atoms with Crippen molar-refractivity contribution in [3.05, 3.63) is 42.2 Å². The third kappa shape index (κ3) is 3.50. The molecule has 1 unspecified atom stereocenters. The number of nitrogen functional groups attached to an aromatic ring is 1. The Kier molecular flexibility index (Phi) is 4.44. The molecule has 1 heterocycles. The minimum Gasteiger partial charge on any atom is -0.491 e. The summed E-state index contributed by atoms with van der Waals surface area (Å²) in [6.07, 6.45) is 4.56. The molecule has 1 atom stereocenters. The molecule has 0 fully saturated rings. The van der Waals surface area contributed by atoms with E-state index in [2.05, 4.69) is 31.1 Å². The van der Waals surface area contributed by atoms with E-state index in [1.165, 1.54) is 5.56 Å². The first-order chi connectivity index (χ1) is 9.20. The number of nitrogens with zero attached hydrogens (tertiary/aromatic N) is 2. The van der Waals surface area contributed by atoms with Crippen LogP contribution in [0.15, 0.2) is 36.7 Å². The number of nitrogens with two attached hydrogens (primary N) is 1. The molecule has 2 N–H and O–H groups in total. The van der Waals surface area contributed by atoms with Crippen molar-refractivity contribution in [1.29, 1.82) is 0 Å². The van der Waals surface area contributed by atoms with E-state index in [-0.39, 0.29) is 0 Å². The highest BCUT2D eigenvalue weighted by Crippen LogP contribution is 2.28. The molecule has 0 amide bonds. The molecule has 0 saturated heterocycles. The van der Waals surface area contributed by atoms with Crippen LogP contribution in [0.4, 0.5) is 5.69 Å². The number of hydrogen-bond donors (Lipinski definition) is 1. The molecular formula is C15H21N3O. The average Bonchev–Trinajstić information content (AvgIpc) is 2.84. The Hall–Kier alpha value is -1.97. The fraction of sp³-hybridized carbons (Fsp3) is 0.400. The van der Waals surface area contributed by atoms with E-state index in [0.717, 1.165) is 12.2 Å². The maximum absolute atomic E-state index is 5.87. The van der Waals surface area contributed by atoms with Crippen LogP contribution in [0.25, 0.3) is 0 Å². The summed E-state index contributed by atoms with van der Waals surface area (Å²) in [6, 6.07) is 8.23. The van der Waals surface area contributed by atoms with Gasteiger partial charge in [0.2, 0.25) is 0 Å². The fourth-order valence-corrected chi connectivity index (χ4v) is 1.99. The van der Waals surface area contributed by atoms with Crippen molar-refractivity contribution in [3.63, 3.8) is 0 Å². The zero-order valence-corrected chi connectivity index (χ0v) is 11.5. The number of ether oxygens (including phenoxy) is 1. The molecule has 0 spiro atoms. The van der Waals surface area contributed by atoms with E-state index in [4.69, 9.17) is 10.5 Å². The second-order valence-corrected chi connectivity index (χ2v) is 4.73. The van der Waals surface area contributed by atoms with Gasteiger partial charge in [-0.15, -0.1) is 0 Å². The molecule has 1 aromatic heterocycles. The minimum absolute atomic E-state index is 0.511. The van der Waals surface area contributed by atoms with Crippen LogP contribution in [0.2, 0.25) is 0 Å². The van der Waals surface area contributed by atoms with Crippen LogP contribution in [0.5, 0.6) is 5.75 Å². The monoisotopic (exact) mass is 259 g/mol. The highest BCUT2D eigenvalue weighted by atomic mass is 16.5. The summed E-state index contributed by atoms with van der Waals surface area (Å²) in [4.78, 5) is 0. The van der Waals surface area contributed by atoms with Crippen molar-refractivity contribution in [2.24, 2.45) is 0 Å². The van der Waals surface area contributed by atoms with Gasteiger partial charge in [0.25, 0.3) is 0 Å². The molecule has 2 aromatic rings. The van der Waals surface area contributed by atoms with E-state index >= 15 is 0 Å². The maximum atomic E-state index is 5.87. The Morgan fingerprint density at radius 1 is 1.37 bits per heavy atom. The summed E-state index contributed by atoms with van der Waals surface area (Å²) in [5, 5.41) is 4.13. The van der Waals surface area contributed by atoms with Crippen molar-refractivity contribution < 1.29 is 4.74 Å². The molecule has 0 saturated carbocycles. The summed E-state index contributed by atoms with van der Waals surface area (Å²) >= 11 is 0. The van der Waals surface area contributed by atoms with Gasteiger partial charge in [-0.2, -0.15) is 5.10 Å². The summed E-state index contributed by atoms with van der Waals surface area (Å²) in [6.45, 7) is 5.70. The van der Waals surface area contributed by atoms with Crippen LogP contribution in [-0.4, -0.2) is 16.4 Å². The first kappa shape index (κ1) is 13.5. The number of hydrogen-bond acceptors (Lipinski definition) is 3. The van der Waals surface area contributed by atoms with Gasteiger partial charge in [-0.3, -0.25) is 4.68 Å². The zero-order valence-electron chi connectivity index (χ0n) is 11.5. The Morgan fingerprint density at radius 3 is 2.84 bits per heavy atom. The minimum atomic E-state index is 0.511. The quantitative estimate of drug-likeness (QED) is 0.867. The molecule has 0 bridgehead atoms.